The zero-order chi connectivity index (χ0) is 18.8. The molecule has 6 heteroatoms. The summed E-state index contributed by atoms with van der Waals surface area (Å²) in [4.78, 5) is 19.4. The average molecular weight is 367 g/mol. The van der Waals surface area contributed by atoms with Gasteiger partial charge in [0, 0.05) is 44.0 Å². The third-order valence-corrected chi connectivity index (χ3v) is 5.34. The molecule has 0 N–H and O–H groups in total. The van der Waals surface area contributed by atoms with Crippen LogP contribution in [-0.4, -0.2) is 53.6 Å². The number of fused-ring (bicyclic) bond motifs is 1. The fourth-order valence-electron chi connectivity index (χ4n) is 3.97. The number of hydrogen-bond donors (Lipinski definition) is 0. The number of nitrogens with zero attached hydrogens (tertiary/aromatic N) is 3. The van der Waals surface area contributed by atoms with Crippen LogP contribution in [0.5, 0.6) is 11.5 Å². The van der Waals surface area contributed by atoms with E-state index in [1.165, 1.54) is 5.57 Å². The number of likely N-dealkylation sites (tertiary alicyclic amines) is 1. The highest BCUT2D eigenvalue weighted by atomic mass is 16.5. The standard InChI is InChI=1S/C21H25N3O3/c1-23-10-8-22-21(23)19(25)17-6-4-9-24(13-17)12-15-11-16-5-3-7-18(26-2)20(16)27-14-15/h3,5,7-8,10-11,17H,4,6,9,12-14H2,1-2H3. The average Bonchev–Trinajstić information content (AvgIpc) is 3.12. The molecule has 1 aromatic heterocycles. The van der Waals surface area contributed by atoms with E-state index in [-0.39, 0.29) is 11.7 Å². The number of carbonyl (C=O) groups excluding carboxylic acids is 1. The smallest absolute Gasteiger partial charge is 0.202 e. The molecule has 2 aliphatic heterocycles. The molecule has 0 bridgehead atoms. The number of rotatable bonds is 5. The van der Waals surface area contributed by atoms with Crippen LogP contribution in [0.1, 0.15) is 29.0 Å². The van der Waals surface area contributed by atoms with Gasteiger partial charge in [-0.3, -0.25) is 9.69 Å². The van der Waals surface area contributed by atoms with Gasteiger partial charge in [0.2, 0.25) is 5.78 Å². The summed E-state index contributed by atoms with van der Waals surface area (Å²) in [7, 11) is 3.53. The van der Waals surface area contributed by atoms with Crippen LogP contribution in [0.15, 0.2) is 36.2 Å². The highest BCUT2D eigenvalue weighted by Gasteiger charge is 2.29. The lowest BCUT2D eigenvalue weighted by Crippen LogP contribution is -2.40. The number of hydrogen-bond acceptors (Lipinski definition) is 5. The molecule has 1 saturated heterocycles. The number of ether oxygens (including phenoxy) is 2. The SMILES string of the molecule is COc1cccc2c1OCC(CN1CCCC(C(=O)c3nccn3C)C1)=C2. The first-order chi connectivity index (χ1) is 13.2. The Morgan fingerprint density at radius 1 is 1.41 bits per heavy atom. The number of piperidine rings is 1. The Morgan fingerprint density at radius 2 is 2.30 bits per heavy atom. The molecule has 1 unspecified atom stereocenters. The Hall–Kier alpha value is -2.60. The van der Waals surface area contributed by atoms with E-state index >= 15 is 0 Å². The minimum atomic E-state index is 0.0114. The Labute approximate surface area is 159 Å². The van der Waals surface area contributed by atoms with Crippen molar-refractivity contribution in [3.05, 3.63) is 47.6 Å². The second-order valence-electron chi connectivity index (χ2n) is 7.27. The van der Waals surface area contributed by atoms with Gasteiger partial charge >= 0.3 is 0 Å². The van der Waals surface area contributed by atoms with Crippen molar-refractivity contribution in [1.82, 2.24) is 14.5 Å². The predicted molar refractivity (Wildman–Crippen MR) is 103 cm³/mol. The first kappa shape index (κ1) is 17.8. The van der Waals surface area contributed by atoms with Crippen LogP contribution in [0, 0.1) is 5.92 Å². The molecule has 2 aliphatic rings. The van der Waals surface area contributed by atoms with Gasteiger partial charge < -0.3 is 14.0 Å². The molecule has 27 heavy (non-hydrogen) atoms. The summed E-state index contributed by atoms with van der Waals surface area (Å²) in [5, 5.41) is 0. The van der Waals surface area contributed by atoms with Crippen LogP contribution in [0.3, 0.4) is 0 Å². The molecule has 3 heterocycles. The van der Waals surface area contributed by atoms with Crippen molar-refractivity contribution in [2.24, 2.45) is 13.0 Å². The lowest BCUT2D eigenvalue weighted by Gasteiger charge is -2.33. The van der Waals surface area contributed by atoms with Crippen LogP contribution in [0.2, 0.25) is 0 Å². The van der Waals surface area contributed by atoms with Crippen molar-refractivity contribution < 1.29 is 14.3 Å². The van der Waals surface area contributed by atoms with Gasteiger partial charge in [0.25, 0.3) is 0 Å². The van der Waals surface area contributed by atoms with Crippen molar-refractivity contribution >= 4 is 11.9 Å². The normalized spacial score (nSPS) is 19.8. The monoisotopic (exact) mass is 367 g/mol. The number of ketones is 1. The fourth-order valence-corrected chi connectivity index (χ4v) is 3.97. The maximum Gasteiger partial charge on any atom is 0.202 e. The molecule has 0 aliphatic carbocycles. The fraction of sp³-hybridized carbons (Fsp3) is 0.429. The molecule has 1 aromatic carbocycles. The largest absolute Gasteiger partial charge is 0.493 e. The van der Waals surface area contributed by atoms with Crippen LogP contribution >= 0.6 is 0 Å². The zero-order valence-electron chi connectivity index (χ0n) is 15.9. The lowest BCUT2D eigenvalue weighted by molar-refractivity contribution is 0.0813. The molecule has 6 nitrogen and oxygen atoms in total. The molecule has 0 amide bonds. The molecule has 2 aromatic rings. The topological polar surface area (TPSA) is 56.6 Å². The number of aromatic nitrogens is 2. The number of imidazole rings is 1. The molecule has 142 valence electrons. The summed E-state index contributed by atoms with van der Waals surface area (Å²) in [6.07, 6.45) is 7.65. The van der Waals surface area contributed by atoms with Gasteiger partial charge in [0.1, 0.15) is 6.61 Å². The van der Waals surface area contributed by atoms with E-state index in [1.807, 2.05) is 36.0 Å². The molecule has 0 radical (unpaired) electrons. The third kappa shape index (κ3) is 3.62. The quantitative estimate of drug-likeness (QED) is 0.761. The Balaban J connectivity index is 1.44. The Bertz CT molecular complexity index is 871. The number of carbonyl (C=O) groups is 1. The van der Waals surface area contributed by atoms with E-state index in [0.29, 0.717) is 12.4 Å². The van der Waals surface area contributed by atoms with E-state index in [9.17, 15) is 4.79 Å². The maximum atomic E-state index is 12.8. The number of Topliss-reactive ketones (excluding diaryl/α,β-unsaturated/α-hetero) is 1. The number of para-hydroxylation sites is 1. The summed E-state index contributed by atoms with van der Waals surface area (Å²) >= 11 is 0. The van der Waals surface area contributed by atoms with E-state index in [0.717, 1.165) is 49.5 Å². The second-order valence-corrected chi connectivity index (χ2v) is 7.27. The maximum absolute atomic E-state index is 12.8. The van der Waals surface area contributed by atoms with Crippen LogP contribution in [0.4, 0.5) is 0 Å². The molecule has 1 atom stereocenters. The van der Waals surface area contributed by atoms with Crippen molar-refractivity contribution in [2.75, 3.05) is 33.4 Å². The Morgan fingerprint density at radius 3 is 3.07 bits per heavy atom. The van der Waals surface area contributed by atoms with Gasteiger partial charge in [-0.2, -0.15) is 0 Å². The number of benzene rings is 1. The highest BCUT2D eigenvalue weighted by molar-refractivity contribution is 5.95. The van der Waals surface area contributed by atoms with Crippen LogP contribution in [-0.2, 0) is 7.05 Å². The molecule has 1 fully saturated rings. The van der Waals surface area contributed by atoms with Crippen molar-refractivity contribution in [3.8, 4) is 11.5 Å². The van der Waals surface area contributed by atoms with Crippen molar-refractivity contribution in [2.45, 2.75) is 12.8 Å². The predicted octanol–water partition coefficient (Wildman–Crippen LogP) is 2.80. The van der Waals surface area contributed by atoms with Gasteiger partial charge in [-0.25, -0.2) is 4.98 Å². The van der Waals surface area contributed by atoms with E-state index in [1.54, 1.807) is 13.3 Å². The van der Waals surface area contributed by atoms with Gasteiger partial charge in [0.05, 0.1) is 7.11 Å². The van der Waals surface area contributed by atoms with Gasteiger partial charge in [-0.05, 0) is 37.1 Å². The molecule has 4 rings (SSSR count). The summed E-state index contributed by atoms with van der Waals surface area (Å²) in [5.41, 5.74) is 2.27. The van der Waals surface area contributed by atoms with Crippen molar-refractivity contribution in [3.63, 3.8) is 0 Å². The van der Waals surface area contributed by atoms with Crippen LogP contribution < -0.4 is 9.47 Å². The second kappa shape index (κ2) is 7.56. The number of aryl methyl sites for hydroxylation is 1. The number of methoxy groups -OCH3 is 1. The zero-order valence-corrected chi connectivity index (χ0v) is 15.9. The molecule has 0 saturated carbocycles. The summed E-state index contributed by atoms with van der Waals surface area (Å²) in [6.45, 7) is 3.16. The third-order valence-electron chi connectivity index (χ3n) is 5.34. The highest BCUT2D eigenvalue weighted by Crippen LogP contribution is 2.35. The van der Waals surface area contributed by atoms with Gasteiger partial charge in [-0.15, -0.1) is 0 Å². The van der Waals surface area contributed by atoms with Crippen molar-refractivity contribution in [1.29, 1.82) is 0 Å². The van der Waals surface area contributed by atoms with E-state index in [4.69, 9.17) is 9.47 Å². The summed E-state index contributed by atoms with van der Waals surface area (Å²) < 4.78 is 13.1. The minimum Gasteiger partial charge on any atom is -0.493 e. The lowest BCUT2D eigenvalue weighted by atomic mass is 9.92. The van der Waals surface area contributed by atoms with Gasteiger partial charge in [-0.1, -0.05) is 12.1 Å². The summed E-state index contributed by atoms with van der Waals surface area (Å²) in [5.74, 6) is 2.29. The Kier molecular flexibility index (Phi) is 4.99. The van der Waals surface area contributed by atoms with E-state index < -0.39 is 0 Å². The van der Waals surface area contributed by atoms with Gasteiger partial charge in [0.15, 0.2) is 17.3 Å². The molecule has 0 spiro atoms. The first-order valence-corrected chi connectivity index (χ1v) is 9.39. The summed E-state index contributed by atoms with van der Waals surface area (Å²) in [6, 6.07) is 5.93. The first-order valence-electron chi connectivity index (χ1n) is 9.39. The molecular weight excluding hydrogens is 342 g/mol. The van der Waals surface area contributed by atoms with E-state index in [2.05, 4.69) is 16.0 Å². The minimum absolute atomic E-state index is 0.0114. The van der Waals surface area contributed by atoms with Crippen LogP contribution in [0.25, 0.3) is 6.08 Å². The molecular formula is C21H25N3O3.